The van der Waals surface area contributed by atoms with Crippen molar-refractivity contribution < 1.29 is 23.8 Å². The van der Waals surface area contributed by atoms with Gasteiger partial charge < -0.3 is 14.7 Å². The second-order valence-electron chi connectivity index (χ2n) is 5.53. The van der Waals surface area contributed by atoms with Crippen LogP contribution in [0.3, 0.4) is 0 Å². The van der Waals surface area contributed by atoms with Gasteiger partial charge in [-0.1, -0.05) is 19.1 Å². The molecule has 1 fully saturated rings. The van der Waals surface area contributed by atoms with Crippen LogP contribution in [0.2, 0.25) is 0 Å². The Balaban J connectivity index is 1.94. The molecule has 0 spiro atoms. The lowest BCUT2D eigenvalue weighted by molar-refractivity contribution is -0.160. The zero-order valence-corrected chi connectivity index (χ0v) is 12.5. The Morgan fingerprint density at radius 1 is 1.50 bits per heavy atom. The third-order valence-corrected chi connectivity index (χ3v) is 3.87. The molecule has 0 aromatic heterocycles. The summed E-state index contributed by atoms with van der Waals surface area (Å²) in [5.74, 6) is -1.85. The smallest absolute Gasteiger partial charge is 0.328 e. The lowest BCUT2D eigenvalue weighted by Crippen LogP contribution is -2.54. The van der Waals surface area contributed by atoms with Crippen molar-refractivity contribution in [3.05, 3.63) is 35.6 Å². The minimum absolute atomic E-state index is 0.0255. The topological polar surface area (TPSA) is 66.8 Å². The van der Waals surface area contributed by atoms with E-state index in [1.165, 1.54) is 17.0 Å². The van der Waals surface area contributed by atoms with Gasteiger partial charge in [-0.15, -0.1) is 0 Å². The zero-order valence-electron chi connectivity index (χ0n) is 12.5. The molecule has 0 saturated carbocycles. The Kier molecular flexibility index (Phi) is 5.49. The molecule has 0 radical (unpaired) electrons. The van der Waals surface area contributed by atoms with E-state index in [1.54, 1.807) is 13.0 Å². The highest BCUT2D eigenvalue weighted by molar-refractivity contribution is 5.85. The molecule has 2 unspecified atom stereocenters. The summed E-state index contributed by atoms with van der Waals surface area (Å²) >= 11 is 0. The fourth-order valence-corrected chi connectivity index (χ4v) is 2.55. The lowest BCUT2D eigenvalue weighted by Gasteiger charge is -2.34. The molecule has 22 heavy (non-hydrogen) atoms. The lowest BCUT2D eigenvalue weighted by atomic mass is 9.99. The predicted molar refractivity (Wildman–Crippen MR) is 77.8 cm³/mol. The van der Waals surface area contributed by atoms with E-state index in [1.807, 2.05) is 6.07 Å². The van der Waals surface area contributed by atoms with Crippen LogP contribution in [0.4, 0.5) is 4.39 Å². The fraction of sp³-hybridized carbons (Fsp3) is 0.500. The van der Waals surface area contributed by atoms with Crippen molar-refractivity contribution in [3.63, 3.8) is 0 Å². The summed E-state index contributed by atoms with van der Waals surface area (Å²) in [6.45, 7) is 2.44. The molecule has 1 aromatic rings. The number of aryl methyl sites for hydroxylation is 1. The van der Waals surface area contributed by atoms with E-state index >= 15 is 0 Å². The minimum Gasteiger partial charge on any atom is -0.480 e. The van der Waals surface area contributed by atoms with E-state index in [-0.39, 0.29) is 24.2 Å². The Hall–Kier alpha value is -1.95. The molecule has 1 aliphatic rings. The Labute approximate surface area is 128 Å². The van der Waals surface area contributed by atoms with Gasteiger partial charge in [0.2, 0.25) is 5.91 Å². The summed E-state index contributed by atoms with van der Waals surface area (Å²) in [4.78, 5) is 25.0. The monoisotopic (exact) mass is 309 g/mol. The predicted octanol–water partition coefficient (Wildman–Crippen LogP) is 1.71. The third kappa shape index (κ3) is 4.04. The van der Waals surface area contributed by atoms with E-state index in [2.05, 4.69) is 0 Å². The summed E-state index contributed by atoms with van der Waals surface area (Å²) in [6.07, 6.45) is 1.12. The molecule has 5 nitrogen and oxygen atoms in total. The summed E-state index contributed by atoms with van der Waals surface area (Å²) in [5, 5.41) is 9.16. The van der Waals surface area contributed by atoms with Crippen LogP contribution >= 0.6 is 0 Å². The number of ether oxygens (including phenoxy) is 1. The van der Waals surface area contributed by atoms with Crippen molar-refractivity contribution in [1.29, 1.82) is 0 Å². The van der Waals surface area contributed by atoms with Crippen LogP contribution in [0.25, 0.3) is 0 Å². The Morgan fingerprint density at radius 3 is 2.95 bits per heavy atom. The standard InChI is InChI=1S/C16H20FNO4/c1-11(5-6-12-3-2-4-13(17)9-12)15(19)18-7-8-22-10-14(18)16(20)21/h2-4,9,11,14H,5-8,10H2,1H3,(H,20,21). The van der Waals surface area contributed by atoms with E-state index in [0.29, 0.717) is 26.0 Å². The number of hydrogen-bond donors (Lipinski definition) is 1. The van der Waals surface area contributed by atoms with Crippen LogP contribution < -0.4 is 0 Å². The largest absolute Gasteiger partial charge is 0.480 e. The Bertz CT molecular complexity index is 549. The van der Waals surface area contributed by atoms with Gasteiger partial charge in [0.1, 0.15) is 5.82 Å². The van der Waals surface area contributed by atoms with Gasteiger partial charge in [0, 0.05) is 12.5 Å². The van der Waals surface area contributed by atoms with Crippen LogP contribution in [0.1, 0.15) is 18.9 Å². The number of rotatable bonds is 5. The molecule has 2 atom stereocenters. The molecule has 1 aliphatic heterocycles. The van der Waals surface area contributed by atoms with E-state index in [9.17, 15) is 14.0 Å². The molecule has 6 heteroatoms. The Morgan fingerprint density at radius 2 is 2.27 bits per heavy atom. The van der Waals surface area contributed by atoms with E-state index in [0.717, 1.165) is 5.56 Å². The molecule has 1 saturated heterocycles. The number of nitrogens with zero attached hydrogens (tertiary/aromatic N) is 1. The molecule has 1 amide bonds. The number of halogens is 1. The van der Waals surface area contributed by atoms with Gasteiger partial charge in [-0.05, 0) is 30.5 Å². The van der Waals surface area contributed by atoms with Crippen LogP contribution in [0, 0.1) is 11.7 Å². The average molecular weight is 309 g/mol. The fourth-order valence-electron chi connectivity index (χ4n) is 2.55. The van der Waals surface area contributed by atoms with Crippen LogP contribution in [0.15, 0.2) is 24.3 Å². The molecule has 1 heterocycles. The maximum atomic E-state index is 13.1. The summed E-state index contributed by atoms with van der Waals surface area (Å²) in [5.41, 5.74) is 0.830. The van der Waals surface area contributed by atoms with Crippen molar-refractivity contribution >= 4 is 11.9 Å². The highest BCUT2D eigenvalue weighted by Gasteiger charge is 2.34. The highest BCUT2D eigenvalue weighted by Crippen LogP contribution is 2.17. The first-order valence-electron chi connectivity index (χ1n) is 7.34. The average Bonchev–Trinajstić information content (AvgIpc) is 2.52. The van der Waals surface area contributed by atoms with Crippen LogP contribution in [-0.4, -0.2) is 47.7 Å². The first-order chi connectivity index (χ1) is 10.5. The van der Waals surface area contributed by atoms with E-state index < -0.39 is 12.0 Å². The van der Waals surface area contributed by atoms with Gasteiger partial charge in [-0.25, -0.2) is 9.18 Å². The van der Waals surface area contributed by atoms with Gasteiger partial charge in [0.15, 0.2) is 6.04 Å². The maximum Gasteiger partial charge on any atom is 0.328 e. The second kappa shape index (κ2) is 7.35. The second-order valence-corrected chi connectivity index (χ2v) is 5.53. The van der Waals surface area contributed by atoms with Crippen molar-refractivity contribution in [2.24, 2.45) is 5.92 Å². The van der Waals surface area contributed by atoms with Gasteiger partial charge >= 0.3 is 5.97 Å². The van der Waals surface area contributed by atoms with E-state index in [4.69, 9.17) is 9.84 Å². The molecule has 0 bridgehead atoms. The van der Waals surface area contributed by atoms with Crippen LogP contribution in [0.5, 0.6) is 0 Å². The SMILES string of the molecule is CC(CCc1cccc(F)c1)C(=O)N1CCOCC1C(=O)O. The van der Waals surface area contributed by atoms with Gasteiger partial charge in [0.25, 0.3) is 0 Å². The van der Waals surface area contributed by atoms with Crippen LogP contribution in [-0.2, 0) is 20.7 Å². The van der Waals surface area contributed by atoms with Gasteiger partial charge in [-0.3, -0.25) is 4.79 Å². The third-order valence-electron chi connectivity index (χ3n) is 3.87. The number of carboxylic acid groups (broad SMARTS) is 1. The number of carboxylic acids is 1. The van der Waals surface area contributed by atoms with Gasteiger partial charge in [0.05, 0.1) is 13.2 Å². The van der Waals surface area contributed by atoms with Gasteiger partial charge in [-0.2, -0.15) is 0 Å². The van der Waals surface area contributed by atoms with Crippen molar-refractivity contribution in [2.45, 2.75) is 25.8 Å². The molecule has 120 valence electrons. The minimum atomic E-state index is -1.05. The molecular formula is C16H20FNO4. The number of amides is 1. The summed E-state index contributed by atoms with van der Waals surface area (Å²) in [6, 6.07) is 5.36. The first kappa shape index (κ1) is 16.4. The molecule has 0 aliphatic carbocycles. The number of carbonyl (C=O) groups excluding carboxylic acids is 1. The molecule has 1 aromatic carbocycles. The number of benzene rings is 1. The van der Waals surface area contributed by atoms with Crippen molar-refractivity contribution in [3.8, 4) is 0 Å². The maximum absolute atomic E-state index is 13.1. The number of morpholine rings is 1. The number of aliphatic carboxylic acids is 1. The highest BCUT2D eigenvalue weighted by atomic mass is 19.1. The molecule has 1 N–H and O–H groups in total. The number of hydrogen-bond acceptors (Lipinski definition) is 3. The molecule has 2 rings (SSSR count). The first-order valence-corrected chi connectivity index (χ1v) is 7.34. The normalized spacial score (nSPS) is 19.7. The number of carbonyl (C=O) groups is 2. The quantitative estimate of drug-likeness (QED) is 0.899. The summed E-state index contributed by atoms with van der Waals surface area (Å²) < 4.78 is 18.3. The zero-order chi connectivity index (χ0) is 16.1. The van der Waals surface area contributed by atoms with Crippen molar-refractivity contribution in [2.75, 3.05) is 19.8 Å². The summed E-state index contributed by atoms with van der Waals surface area (Å²) in [7, 11) is 0. The van der Waals surface area contributed by atoms with Crippen molar-refractivity contribution in [1.82, 2.24) is 4.90 Å². The molecular weight excluding hydrogens is 289 g/mol.